The van der Waals surface area contributed by atoms with Gasteiger partial charge in [0.1, 0.15) is 5.75 Å². The third-order valence-corrected chi connectivity index (χ3v) is 5.01. The van der Waals surface area contributed by atoms with Crippen molar-refractivity contribution in [2.24, 2.45) is 0 Å². The van der Waals surface area contributed by atoms with E-state index in [1.54, 1.807) is 49.6 Å². The number of methoxy groups -OCH3 is 1. The van der Waals surface area contributed by atoms with Gasteiger partial charge in [-0.2, -0.15) is 0 Å². The number of nitrogens with zero attached hydrogens (tertiary/aromatic N) is 1. The fourth-order valence-corrected chi connectivity index (χ4v) is 3.23. The Labute approximate surface area is 172 Å². The Morgan fingerprint density at radius 3 is 2.36 bits per heavy atom. The number of carbonyl (C=O) groups excluding carboxylic acids is 2. The second-order valence-corrected chi connectivity index (χ2v) is 7.17. The van der Waals surface area contributed by atoms with Crippen LogP contribution in [-0.4, -0.2) is 56.7 Å². The van der Waals surface area contributed by atoms with E-state index in [1.165, 1.54) is 0 Å². The number of carbonyl (C=O) groups is 2. The highest BCUT2D eigenvalue weighted by atomic mass is 79.9. The molecule has 0 saturated carbocycles. The van der Waals surface area contributed by atoms with Gasteiger partial charge in [0.2, 0.25) is 5.91 Å². The SMILES string of the molecule is COc1ccc(Br)c(C(=O)Nc2ccc(NC(=O)CN3CCOCC3)cc2)c1. The Balaban J connectivity index is 1.56. The zero-order valence-electron chi connectivity index (χ0n) is 15.5. The lowest BCUT2D eigenvalue weighted by atomic mass is 10.2. The standard InChI is InChI=1S/C20H22BrN3O4/c1-27-16-6-7-18(21)17(12-16)20(26)23-15-4-2-14(3-5-15)22-19(25)13-24-8-10-28-11-9-24/h2-7,12H,8-11,13H2,1H3,(H,22,25)(H,23,26). The molecule has 0 bridgehead atoms. The van der Waals surface area contributed by atoms with Gasteiger partial charge in [0.25, 0.3) is 5.91 Å². The van der Waals surface area contributed by atoms with Crippen molar-refractivity contribution in [1.82, 2.24) is 4.90 Å². The Kier molecular flexibility index (Phi) is 7.02. The Morgan fingerprint density at radius 1 is 1.07 bits per heavy atom. The summed E-state index contributed by atoms with van der Waals surface area (Å²) >= 11 is 3.38. The minimum Gasteiger partial charge on any atom is -0.497 e. The first-order valence-corrected chi connectivity index (χ1v) is 9.69. The lowest BCUT2D eigenvalue weighted by molar-refractivity contribution is -0.118. The van der Waals surface area contributed by atoms with Crippen LogP contribution in [0.4, 0.5) is 11.4 Å². The Morgan fingerprint density at radius 2 is 1.71 bits per heavy atom. The summed E-state index contributed by atoms with van der Waals surface area (Å²) in [7, 11) is 1.55. The molecule has 2 aromatic carbocycles. The first-order chi connectivity index (χ1) is 13.5. The number of hydrogen-bond donors (Lipinski definition) is 2. The smallest absolute Gasteiger partial charge is 0.256 e. The first-order valence-electron chi connectivity index (χ1n) is 8.90. The van der Waals surface area contributed by atoms with Crippen molar-refractivity contribution in [1.29, 1.82) is 0 Å². The Bertz CT molecular complexity index is 836. The molecule has 3 rings (SSSR count). The van der Waals surface area contributed by atoms with Crippen LogP contribution in [0.15, 0.2) is 46.9 Å². The summed E-state index contributed by atoms with van der Waals surface area (Å²) < 4.78 is 11.1. The average Bonchev–Trinajstić information content (AvgIpc) is 2.70. The molecule has 1 aliphatic heterocycles. The van der Waals surface area contributed by atoms with Crippen molar-refractivity contribution >= 4 is 39.1 Å². The molecule has 1 fully saturated rings. The van der Waals surface area contributed by atoms with Gasteiger partial charge in [-0.05, 0) is 58.4 Å². The molecule has 1 saturated heterocycles. The zero-order valence-corrected chi connectivity index (χ0v) is 17.1. The molecular weight excluding hydrogens is 426 g/mol. The predicted octanol–water partition coefficient (Wildman–Crippen LogP) is 2.98. The minimum atomic E-state index is -0.255. The molecule has 0 unspecified atom stereocenters. The largest absolute Gasteiger partial charge is 0.497 e. The first kappa shape index (κ1) is 20.3. The van der Waals surface area contributed by atoms with Crippen LogP contribution in [0.1, 0.15) is 10.4 Å². The van der Waals surface area contributed by atoms with E-state index in [9.17, 15) is 9.59 Å². The van der Waals surface area contributed by atoms with Gasteiger partial charge in [-0.3, -0.25) is 14.5 Å². The van der Waals surface area contributed by atoms with E-state index in [4.69, 9.17) is 9.47 Å². The molecule has 2 amide bonds. The highest BCUT2D eigenvalue weighted by Gasteiger charge is 2.15. The lowest BCUT2D eigenvalue weighted by Crippen LogP contribution is -2.41. The van der Waals surface area contributed by atoms with Gasteiger partial charge in [0, 0.05) is 28.9 Å². The van der Waals surface area contributed by atoms with Gasteiger partial charge in [-0.15, -0.1) is 0 Å². The molecule has 2 aromatic rings. The number of hydrogen-bond acceptors (Lipinski definition) is 5. The molecule has 0 aromatic heterocycles. The summed E-state index contributed by atoms with van der Waals surface area (Å²) in [6.07, 6.45) is 0. The topological polar surface area (TPSA) is 79.9 Å². The highest BCUT2D eigenvalue weighted by Crippen LogP contribution is 2.24. The second-order valence-electron chi connectivity index (χ2n) is 6.31. The highest BCUT2D eigenvalue weighted by molar-refractivity contribution is 9.10. The van der Waals surface area contributed by atoms with Crippen molar-refractivity contribution in [2.75, 3.05) is 50.6 Å². The third-order valence-electron chi connectivity index (χ3n) is 4.32. The summed E-state index contributed by atoms with van der Waals surface area (Å²) in [5.41, 5.74) is 1.78. The van der Waals surface area contributed by atoms with Gasteiger partial charge in [0.05, 0.1) is 32.4 Å². The predicted molar refractivity (Wildman–Crippen MR) is 111 cm³/mol. The minimum absolute atomic E-state index is 0.0704. The average molecular weight is 448 g/mol. The van der Waals surface area contributed by atoms with Gasteiger partial charge in [-0.25, -0.2) is 0 Å². The molecule has 148 valence electrons. The van der Waals surface area contributed by atoms with E-state index < -0.39 is 0 Å². The maximum Gasteiger partial charge on any atom is 0.256 e. The third kappa shape index (κ3) is 5.54. The molecule has 1 heterocycles. The second kappa shape index (κ2) is 9.68. The number of morpholine rings is 1. The summed E-state index contributed by atoms with van der Waals surface area (Å²) in [4.78, 5) is 26.7. The van der Waals surface area contributed by atoms with Crippen LogP contribution in [0, 0.1) is 0 Å². The molecule has 8 heteroatoms. The number of anilines is 2. The van der Waals surface area contributed by atoms with Gasteiger partial charge < -0.3 is 20.1 Å². The maximum atomic E-state index is 12.5. The number of halogens is 1. The maximum absolute atomic E-state index is 12.5. The van der Waals surface area contributed by atoms with Crippen LogP contribution >= 0.6 is 15.9 Å². The quantitative estimate of drug-likeness (QED) is 0.711. The molecule has 0 radical (unpaired) electrons. The van der Waals surface area contributed by atoms with E-state index in [2.05, 4.69) is 31.5 Å². The number of nitrogens with one attached hydrogen (secondary N) is 2. The van der Waals surface area contributed by atoms with Crippen molar-refractivity contribution < 1.29 is 19.1 Å². The van der Waals surface area contributed by atoms with Crippen molar-refractivity contribution in [3.63, 3.8) is 0 Å². The van der Waals surface area contributed by atoms with Crippen LogP contribution in [0.25, 0.3) is 0 Å². The lowest BCUT2D eigenvalue weighted by Gasteiger charge is -2.25. The van der Waals surface area contributed by atoms with Crippen LogP contribution in [0.2, 0.25) is 0 Å². The summed E-state index contributed by atoms with van der Waals surface area (Å²) in [5, 5.41) is 5.70. The molecule has 2 N–H and O–H groups in total. The van der Waals surface area contributed by atoms with Gasteiger partial charge in [-0.1, -0.05) is 0 Å². The summed E-state index contributed by atoms with van der Waals surface area (Å²) in [5.74, 6) is 0.278. The fraction of sp³-hybridized carbons (Fsp3) is 0.300. The van der Waals surface area contributed by atoms with E-state index in [0.717, 1.165) is 13.1 Å². The number of ether oxygens (including phenoxy) is 2. The van der Waals surface area contributed by atoms with Crippen LogP contribution in [-0.2, 0) is 9.53 Å². The summed E-state index contributed by atoms with van der Waals surface area (Å²) in [6.45, 7) is 3.18. The fourth-order valence-electron chi connectivity index (χ4n) is 2.80. The molecule has 0 spiro atoms. The van der Waals surface area contributed by atoms with Gasteiger partial charge >= 0.3 is 0 Å². The normalized spacial score (nSPS) is 14.4. The van der Waals surface area contributed by atoms with Crippen molar-refractivity contribution in [2.45, 2.75) is 0 Å². The number of amides is 2. The zero-order chi connectivity index (χ0) is 19.9. The van der Waals surface area contributed by atoms with Gasteiger partial charge in [0.15, 0.2) is 0 Å². The number of rotatable bonds is 6. The molecule has 1 aliphatic rings. The molecular formula is C20H22BrN3O4. The molecule has 0 atom stereocenters. The Hall–Kier alpha value is -2.42. The van der Waals surface area contributed by atoms with Crippen molar-refractivity contribution in [3.05, 3.63) is 52.5 Å². The van der Waals surface area contributed by atoms with E-state index >= 15 is 0 Å². The molecule has 28 heavy (non-hydrogen) atoms. The van der Waals surface area contributed by atoms with Crippen LogP contribution < -0.4 is 15.4 Å². The van der Waals surface area contributed by atoms with E-state index in [0.29, 0.717) is 46.9 Å². The number of benzene rings is 2. The van der Waals surface area contributed by atoms with Crippen LogP contribution in [0.3, 0.4) is 0 Å². The molecule has 7 nitrogen and oxygen atoms in total. The van der Waals surface area contributed by atoms with Crippen molar-refractivity contribution in [3.8, 4) is 5.75 Å². The van der Waals surface area contributed by atoms with E-state index in [1.807, 2.05) is 0 Å². The van der Waals surface area contributed by atoms with E-state index in [-0.39, 0.29) is 11.8 Å². The van der Waals surface area contributed by atoms with Crippen LogP contribution in [0.5, 0.6) is 5.75 Å². The summed E-state index contributed by atoms with van der Waals surface area (Å²) in [6, 6.07) is 12.2. The monoisotopic (exact) mass is 447 g/mol. The molecule has 0 aliphatic carbocycles.